The number of rotatable bonds is 14. The van der Waals surface area contributed by atoms with Crippen LogP contribution in [-0.4, -0.2) is 52.5 Å². The summed E-state index contributed by atoms with van der Waals surface area (Å²) in [6, 6.07) is 2.96. The van der Waals surface area contributed by atoms with Crippen LogP contribution in [-0.2, 0) is 9.53 Å². The molecule has 0 saturated heterocycles. The van der Waals surface area contributed by atoms with E-state index in [2.05, 4.69) is 30.9 Å². The lowest BCUT2D eigenvalue weighted by atomic mass is 10.1. The molecule has 188 valence electrons. The number of aromatic nitrogens is 2. The van der Waals surface area contributed by atoms with Crippen LogP contribution in [0.1, 0.15) is 65.7 Å². The van der Waals surface area contributed by atoms with Crippen molar-refractivity contribution >= 4 is 34.4 Å². The molecule has 0 atom stereocenters. The first-order valence-corrected chi connectivity index (χ1v) is 11.5. The highest BCUT2D eigenvalue weighted by molar-refractivity contribution is 5.93. The quantitative estimate of drug-likeness (QED) is 0.207. The van der Waals surface area contributed by atoms with Gasteiger partial charge in [0.25, 0.3) is 0 Å². The van der Waals surface area contributed by atoms with Gasteiger partial charge in [-0.05, 0) is 69.3 Å². The number of carbonyl (C=O) groups is 2. The zero-order valence-corrected chi connectivity index (χ0v) is 20.0. The van der Waals surface area contributed by atoms with Crippen LogP contribution in [0.4, 0.5) is 16.2 Å². The average Bonchev–Trinajstić information content (AvgIpc) is 3.24. The third-order valence-electron chi connectivity index (χ3n) is 4.83. The van der Waals surface area contributed by atoms with E-state index in [1.807, 2.05) is 20.8 Å². The highest BCUT2D eigenvalue weighted by atomic mass is 16.6. The number of nitro groups is 1. The first-order valence-electron chi connectivity index (χ1n) is 11.5. The monoisotopic (exact) mass is 478 g/mol. The number of non-ortho nitro benzene ring substituents is 1. The zero-order chi connectivity index (χ0) is 25.0. The van der Waals surface area contributed by atoms with Crippen molar-refractivity contribution in [2.45, 2.75) is 71.3 Å². The minimum absolute atomic E-state index is 0.0330. The molecule has 12 nitrogen and oxygen atoms in total. The number of nitro benzene ring substituents is 1. The van der Waals surface area contributed by atoms with Gasteiger partial charge in [0.05, 0.1) is 10.6 Å². The third-order valence-corrected chi connectivity index (χ3v) is 4.83. The summed E-state index contributed by atoms with van der Waals surface area (Å²) in [6.07, 6.45) is 5.11. The summed E-state index contributed by atoms with van der Waals surface area (Å²) in [5.41, 5.74) is 0.423. The topological polar surface area (TPSA) is 162 Å². The summed E-state index contributed by atoms with van der Waals surface area (Å²) in [7, 11) is 0. The zero-order valence-electron chi connectivity index (χ0n) is 20.0. The van der Waals surface area contributed by atoms with Gasteiger partial charge in [-0.3, -0.25) is 14.9 Å². The Labute approximate surface area is 198 Å². The lowest BCUT2D eigenvalue weighted by molar-refractivity contribution is -0.383. The van der Waals surface area contributed by atoms with Gasteiger partial charge in [-0.15, -0.1) is 0 Å². The van der Waals surface area contributed by atoms with Gasteiger partial charge in [0, 0.05) is 32.1 Å². The van der Waals surface area contributed by atoms with Crippen molar-refractivity contribution < 1.29 is 23.9 Å². The number of carbonyl (C=O) groups excluding carboxylic acids is 2. The van der Waals surface area contributed by atoms with Gasteiger partial charge >= 0.3 is 11.8 Å². The van der Waals surface area contributed by atoms with Crippen molar-refractivity contribution in [1.29, 1.82) is 0 Å². The molecule has 0 aliphatic carbocycles. The van der Waals surface area contributed by atoms with E-state index >= 15 is 0 Å². The first-order chi connectivity index (χ1) is 16.2. The number of alkyl carbamates (subject to hydrolysis) is 1. The molecule has 12 heteroatoms. The molecule has 2 rings (SSSR count). The molecule has 2 amide bonds. The molecule has 2 aromatic rings. The second kappa shape index (κ2) is 13.3. The lowest BCUT2D eigenvalue weighted by Crippen LogP contribution is -2.33. The maximum absolute atomic E-state index is 11.9. The van der Waals surface area contributed by atoms with E-state index in [-0.39, 0.29) is 17.1 Å². The number of unbranched alkanes of at least 4 members (excludes halogenated alkanes) is 4. The summed E-state index contributed by atoms with van der Waals surface area (Å²) < 4.78 is 9.81. The predicted octanol–water partition coefficient (Wildman–Crippen LogP) is 3.91. The van der Waals surface area contributed by atoms with E-state index in [1.165, 1.54) is 6.07 Å². The van der Waals surface area contributed by atoms with Gasteiger partial charge in [0.15, 0.2) is 5.52 Å². The van der Waals surface area contributed by atoms with Gasteiger partial charge in [0.1, 0.15) is 5.60 Å². The highest BCUT2D eigenvalue weighted by Crippen LogP contribution is 2.28. The van der Waals surface area contributed by atoms with Crippen LogP contribution in [0.15, 0.2) is 16.8 Å². The fourth-order valence-corrected chi connectivity index (χ4v) is 3.20. The molecule has 0 saturated carbocycles. The second-order valence-corrected chi connectivity index (χ2v) is 8.93. The SMILES string of the molecule is CC(C)(C)OC(=O)NCCCCCNC(=O)CCCCCNc1ccc([N+](=O)[O-])c2nonc12. The number of anilines is 1. The molecule has 0 aliphatic rings. The minimum Gasteiger partial charge on any atom is -0.444 e. The Balaban J connectivity index is 1.48. The van der Waals surface area contributed by atoms with Crippen LogP contribution in [0.25, 0.3) is 11.0 Å². The van der Waals surface area contributed by atoms with E-state index in [9.17, 15) is 19.7 Å². The lowest BCUT2D eigenvalue weighted by Gasteiger charge is -2.19. The molecule has 0 bridgehead atoms. The molecule has 34 heavy (non-hydrogen) atoms. The van der Waals surface area contributed by atoms with Gasteiger partial charge in [0.2, 0.25) is 11.4 Å². The molecule has 0 fully saturated rings. The molecular weight excluding hydrogens is 444 g/mol. The summed E-state index contributed by atoms with van der Waals surface area (Å²) in [5, 5.41) is 27.2. The smallest absolute Gasteiger partial charge is 0.407 e. The van der Waals surface area contributed by atoms with Crippen LogP contribution in [0.2, 0.25) is 0 Å². The number of amides is 2. The summed E-state index contributed by atoms with van der Waals surface area (Å²) in [5.74, 6) is 0.0330. The largest absolute Gasteiger partial charge is 0.444 e. The van der Waals surface area contributed by atoms with Gasteiger partial charge in [-0.2, -0.15) is 0 Å². The maximum Gasteiger partial charge on any atom is 0.407 e. The Morgan fingerprint density at radius 3 is 2.32 bits per heavy atom. The summed E-state index contributed by atoms with van der Waals surface area (Å²) >= 11 is 0. The molecule has 3 N–H and O–H groups in total. The van der Waals surface area contributed by atoms with Gasteiger partial charge in [-0.1, -0.05) is 6.42 Å². The van der Waals surface area contributed by atoms with Crippen molar-refractivity contribution in [3.8, 4) is 0 Å². The van der Waals surface area contributed by atoms with E-state index in [1.54, 1.807) is 6.07 Å². The Morgan fingerprint density at radius 2 is 1.62 bits per heavy atom. The molecule has 0 aliphatic heterocycles. The van der Waals surface area contributed by atoms with Crippen molar-refractivity contribution in [2.75, 3.05) is 25.0 Å². The van der Waals surface area contributed by atoms with E-state index in [0.717, 1.165) is 38.5 Å². The number of ether oxygens (including phenoxy) is 1. The molecule has 0 radical (unpaired) electrons. The van der Waals surface area contributed by atoms with Crippen LogP contribution in [0.3, 0.4) is 0 Å². The fraction of sp³-hybridized carbons (Fsp3) is 0.636. The molecule has 1 aromatic carbocycles. The van der Waals surface area contributed by atoms with Crippen LogP contribution >= 0.6 is 0 Å². The van der Waals surface area contributed by atoms with Gasteiger partial charge < -0.3 is 20.7 Å². The Morgan fingerprint density at radius 1 is 0.971 bits per heavy atom. The first kappa shape index (κ1) is 26.8. The third kappa shape index (κ3) is 9.59. The summed E-state index contributed by atoms with van der Waals surface area (Å²) in [6.45, 7) is 7.27. The van der Waals surface area contributed by atoms with Crippen LogP contribution < -0.4 is 16.0 Å². The van der Waals surface area contributed by atoms with Gasteiger partial charge in [-0.25, -0.2) is 9.42 Å². The van der Waals surface area contributed by atoms with E-state index in [0.29, 0.717) is 37.3 Å². The Bertz CT molecular complexity index is 955. The Kier molecular flexibility index (Phi) is 10.5. The van der Waals surface area contributed by atoms with Crippen molar-refractivity contribution in [3.05, 3.63) is 22.2 Å². The van der Waals surface area contributed by atoms with Crippen LogP contribution in [0.5, 0.6) is 0 Å². The molecule has 0 unspecified atom stereocenters. The van der Waals surface area contributed by atoms with Crippen molar-refractivity contribution in [2.24, 2.45) is 0 Å². The predicted molar refractivity (Wildman–Crippen MR) is 127 cm³/mol. The second-order valence-electron chi connectivity index (χ2n) is 8.93. The highest BCUT2D eigenvalue weighted by Gasteiger charge is 2.19. The fourth-order valence-electron chi connectivity index (χ4n) is 3.20. The maximum atomic E-state index is 11.9. The number of fused-ring (bicyclic) bond motifs is 1. The normalized spacial score (nSPS) is 11.3. The van der Waals surface area contributed by atoms with E-state index < -0.39 is 16.6 Å². The molecule has 0 spiro atoms. The Hall–Kier alpha value is -3.44. The number of benzene rings is 1. The summed E-state index contributed by atoms with van der Waals surface area (Å²) in [4.78, 5) is 34.0. The number of hydrogen-bond donors (Lipinski definition) is 3. The molecule has 1 aromatic heterocycles. The number of hydrogen-bond acceptors (Lipinski definition) is 9. The van der Waals surface area contributed by atoms with Crippen molar-refractivity contribution in [3.63, 3.8) is 0 Å². The molecule has 1 heterocycles. The van der Waals surface area contributed by atoms with Crippen molar-refractivity contribution in [1.82, 2.24) is 20.9 Å². The van der Waals surface area contributed by atoms with Crippen LogP contribution in [0, 0.1) is 10.1 Å². The average molecular weight is 479 g/mol. The number of nitrogens with one attached hydrogen (secondary N) is 3. The minimum atomic E-state index is -0.523. The van der Waals surface area contributed by atoms with E-state index in [4.69, 9.17) is 4.74 Å². The molecular formula is C22H34N6O6. The number of nitrogens with zero attached hydrogens (tertiary/aromatic N) is 3. The standard InChI is InChI=1S/C22H34N6O6/c1-22(2,3)33-21(30)25-15-9-5-8-14-24-18(29)10-6-4-7-13-23-16-11-12-17(28(31)32)20-19(16)26-34-27-20/h11-12,23H,4-10,13-15H2,1-3H3,(H,24,29)(H,25,30).